The molecule has 0 unspecified atom stereocenters. The van der Waals surface area contributed by atoms with Crippen molar-refractivity contribution in [2.45, 2.75) is 38.5 Å². The number of hydrogen-bond acceptors (Lipinski definition) is 3. The van der Waals surface area contributed by atoms with E-state index in [0.717, 1.165) is 22.3 Å². The van der Waals surface area contributed by atoms with Gasteiger partial charge in [0.1, 0.15) is 11.3 Å². The van der Waals surface area contributed by atoms with Gasteiger partial charge in [0.15, 0.2) is 0 Å². The van der Waals surface area contributed by atoms with Crippen molar-refractivity contribution in [2.24, 2.45) is 0 Å². The Morgan fingerprint density at radius 1 is 1.30 bits per heavy atom. The van der Waals surface area contributed by atoms with Crippen molar-refractivity contribution < 1.29 is 4.74 Å². The van der Waals surface area contributed by atoms with Crippen LogP contribution in [0.3, 0.4) is 0 Å². The van der Waals surface area contributed by atoms with Crippen molar-refractivity contribution in [1.82, 2.24) is 4.98 Å². The molecule has 20 heavy (non-hydrogen) atoms. The van der Waals surface area contributed by atoms with E-state index in [1.807, 2.05) is 26.1 Å². The number of anilines is 1. The van der Waals surface area contributed by atoms with E-state index >= 15 is 0 Å². The van der Waals surface area contributed by atoms with Gasteiger partial charge in [0.05, 0.1) is 6.61 Å². The van der Waals surface area contributed by atoms with Crippen molar-refractivity contribution in [3.63, 3.8) is 0 Å². The maximum absolute atomic E-state index is 5.75. The van der Waals surface area contributed by atoms with Crippen molar-refractivity contribution in [3.05, 3.63) is 30.0 Å². The number of nitrogens with zero attached hydrogens (tertiary/aromatic N) is 1. The van der Waals surface area contributed by atoms with E-state index in [-0.39, 0.29) is 0 Å². The summed E-state index contributed by atoms with van der Waals surface area (Å²) in [5.74, 6) is 1.50. The summed E-state index contributed by atoms with van der Waals surface area (Å²) in [6.07, 6.45) is 5.18. The summed E-state index contributed by atoms with van der Waals surface area (Å²) in [7, 11) is 1.97. The average Bonchev–Trinajstić information content (AvgIpc) is 3.01. The Morgan fingerprint density at radius 3 is 2.80 bits per heavy atom. The highest BCUT2D eigenvalue weighted by molar-refractivity contribution is 5.95. The Labute approximate surface area is 120 Å². The van der Waals surface area contributed by atoms with Gasteiger partial charge in [-0.15, -0.1) is 0 Å². The minimum absolute atomic E-state index is 0.612. The summed E-state index contributed by atoms with van der Waals surface area (Å²) in [6, 6.07) is 8.37. The summed E-state index contributed by atoms with van der Waals surface area (Å²) < 4.78 is 5.75. The lowest BCUT2D eigenvalue weighted by Crippen LogP contribution is -2.02. The molecule has 106 valence electrons. The van der Waals surface area contributed by atoms with Gasteiger partial charge in [0.2, 0.25) is 0 Å². The molecule has 3 heteroatoms. The maximum Gasteiger partial charge on any atom is 0.145 e. The van der Waals surface area contributed by atoms with E-state index in [1.165, 1.54) is 31.4 Å². The fourth-order valence-electron chi connectivity index (χ4n) is 3.15. The van der Waals surface area contributed by atoms with Gasteiger partial charge in [0, 0.05) is 29.7 Å². The first-order valence-corrected chi connectivity index (χ1v) is 7.57. The molecule has 1 aromatic carbocycles. The Hall–Kier alpha value is -1.77. The fourth-order valence-corrected chi connectivity index (χ4v) is 3.15. The molecule has 1 saturated carbocycles. The number of hydrogen-bond donors (Lipinski definition) is 1. The number of pyridine rings is 1. The number of para-hydroxylation sites is 1. The zero-order valence-electron chi connectivity index (χ0n) is 12.3. The van der Waals surface area contributed by atoms with Gasteiger partial charge in [-0.3, -0.25) is 0 Å². The standard InChI is InChI=1S/C17H22N2O/c1-3-20-16-10-6-9-13-15(18-2)11-14(19-17(13)16)12-7-4-5-8-12/h6,9-12H,3-5,7-8H2,1-2H3,(H,18,19). The third kappa shape index (κ3) is 2.33. The second kappa shape index (κ2) is 5.70. The smallest absolute Gasteiger partial charge is 0.145 e. The first kappa shape index (κ1) is 13.2. The zero-order chi connectivity index (χ0) is 13.9. The molecular weight excluding hydrogens is 248 g/mol. The molecule has 1 fully saturated rings. The second-order valence-electron chi connectivity index (χ2n) is 5.41. The topological polar surface area (TPSA) is 34.1 Å². The van der Waals surface area contributed by atoms with Gasteiger partial charge in [-0.05, 0) is 31.9 Å². The Kier molecular flexibility index (Phi) is 3.77. The molecule has 1 aliphatic rings. The van der Waals surface area contributed by atoms with Crippen LogP contribution in [0.4, 0.5) is 5.69 Å². The van der Waals surface area contributed by atoms with Crippen LogP contribution in [0.15, 0.2) is 24.3 Å². The zero-order valence-corrected chi connectivity index (χ0v) is 12.3. The number of benzene rings is 1. The van der Waals surface area contributed by atoms with Crippen molar-refractivity contribution >= 4 is 16.6 Å². The molecule has 3 rings (SSSR count). The van der Waals surface area contributed by atoms with Gasteiger partial charge in [0.25, 0.3) is 0 Å². The number of nitrogens with one attached hydrogen (secondary N) is 1. The molecule has 0 atom stereocenters. The van der Waals surface area contributed by atoms with Crippen LogP contribution < -0.4 is 10.1 Å². The van der Waals surface area contributed by atoms with E-state index in [2.05, 4.69) is 17.4 Å². The Morgan fingerprint density at radius 2 is 2.10 bits per heavy atom. The summed E-state index contributed by atoms with van der Waals surface area (Å²) in [5, 5.41) is 4.45. The summed E-state index contributed by atoms with van der Waals surface area (Å²) in [4.78, 5) is 4.92. The van der Waals surface area contributed by atoms with Crippen LogP contribution in [0.25, 0.3) is 10.9 Å². The molecule has 0 aliphatic heterocycles. The molecule has 1 heterocycles. The summed E-state index contributed by atoms with van der Waals surface area (Å²) >= 11 is 0. The van der Waals surface area contributed by atoms with Gasteiger partial charge >= 0.3 is 0 Å². The lowest BCUT2D eigenvalue weighted by atomic mass is 10.0. The molecule has 0 radical (unpaired) electrons. The second-order valence-corrected chi connectivity index (χ2v) is 5.41. The molecule has 0 amide bonds. The molecule has 0 spiro atoms. The van der Waals surface area contributed by atoms with E-state index in [0.29, 0.717) is 12.5 Å². The summed E-state index contributed by atoms with van der Waals surface area (Å²) in [5.41, 5.74) is 3.35. The van der Waals surface area contributed by atoms with Crippen molar-refractivity contribution in [2.75, 3.05) is 19.0 Å². The molecule has 1 aromatic heterocycles. The predicted octanol–water partition coefficient (Wildman–Crippen LogP) is 4.33. The molecule has 2 aromatic rings. The number of fused-ring (bicyclic) bond motifs is 1. The highest BCUT2D eigenvalue weighted by atomic mass is 16.5. The number of rotatable bonds is 4. The van der Waals surface area contributed by atoms with Gasteiger partial charge in [-0.25, -0.2) is 4.98 Å². The van der Waals surface area contributed by atoms with Crippen molar-refractivity contribution in [1.29, 1.82) is 0 Å². The SMILES string of the molecule is CCOc1cccc2c(NC)cc(C3CCCC3)nc12. The van der Waals surface area contributed by atoms with Crippen LogP contribution >= 0.6 is 0 Å². The van der Waals surface area contributed by atoms with Crippen LogP contribution in [-0.4, -0.2) is 18.6 Å². The fraction of sp³-hybridized carbons (Fsp3) is 0.471. The van der Waals surface area contributed by atoms with Crippen molar-refractivity contribution in [3.8, 4) is 5.75 Å². The maximum atomic E-state index is 5.75. The monoisotopic (exact) mass is 270 g/mol. The highest BCUT2D eigenvalue weighted by Crippen LogP contribution is 2.37. The summed E-state index contributed by atoms with van der Waals surface area (Å²) in [6.45, 7) is 2.68. The van der Waals surface area contributed by atoms with Crippen LogP contribution in [0.1, 0.15) is 44.2 Å². The third-order valence-electron chi connectivity index (χ3n) is 4.16. The highest BCUT2D eigenvalue weighted by Gasteiger charge is 2.20. The normalized spacial score (nSPS) is 15.7. The lowest BCUT2D eigenvalue weighted by Gasteiger charge is -2.15. The quantitative estimate of drug-likeness (QED) is 0.897. The molecule has 0 saturated heterocycles. The largest absolute Gasteiger partial charge is 0.492 e. The number of aromatic nitrogens is 1. The Balaban J connectivity index is 2.15. The van der Waals surface area contributed by atoms with Crippen LogP contribution in [0.2, 0.25) is 0 Å². The van der Waals surface area contributed by atoms with Crippen LogP contribution in [0, 0.1) is 0 Å². The number of ether oxygens (including phenoxy) is 1. The predicted molar refractivity (Wildman–Crippen MR) is 83.7 cm³/mol. The van der Waals surface area contributed by atoms with E-state index in [4.69, 9.17) is 9.72 Å². The first-order chi connectivity index (χ1) is 9.83. The Bertz CT molecular complexity index is 603. The first-order valence-electron chi connectivity index (χ1n) is 7.57. The van der Waals surface area contributed by atoms with Crippen LogP contribution in [-0.2, 0) is 0 Å². The molecular formula is C17H22N2O. The molecule has 1 N–H and O–H groups in total. The third-order valence-corrected chi connectivity index (χ3v) is 4.16. The molecule has 3 nitrogen and oxygen atoms in total. The van der Waals surface area contributed by atoms with Gasteiger partial charge < -0.3 is 10.1 Å². The van der Waals surface area contributed by atoms with Gasteiger partial charge in [-0.1, -0.05) is 25.0 Å². The lowest BCUT2D eigenvalue weighted by molar-refractivity contribution is 0.343. The van der Waals surface area contributed by atoms with E-state index < -0.39 is 0 Å². The van der Waals surface area contributed by atoms with E-state index in [1.54, 1.807) is 0 Å². The molecule has 0 bridgehead atoms. The average molecular weight is 270 g/mol. The molecule has 1 aliphatic carbocycles. The van der Waals surface area contributed by atoms with Crippen LogP contribution in [0.5, 0.6) is 5.75 Å². The minimum atomic E-state index is 0.612. The van der Waals surface area contributed by atoms with E-state index in [9.17, 15) is 0 Å². The van der Waals surface area contributed by atoms with Gasteiger partial charge in [-0.2, -0.15) is 0 Å². The minimum Gasteiger partial charge on any atom is -0.492 e.